The first-order valence-electron chi connectivity index (χ1n) is 4.73. The largest absolute Gasteiger partial charge is 0.465 e. The van der Waals surface area contributed by atoms with Gasteiger partial charge in [-0.3, -0.25) is 0 Å². The summed E-state index contributed by atoms with van der Waals surface area (Å²) in [6.45, 7) is 0. The second-order valence-electron chi connectivity index (χ2n) is 3.38. The minimum Gasteiger partial charge on any atom is -0.465 e. The van der Waals surface area contributed by atoms with Gasteiger partial charge in [0.2, 0.25) is 0 Å². The van der Waals surface area contributed by atoms with Gasteiger partial charge in [0.25, 0.3) is 0 Å². The quantitative estimate of drug-likeness (QED) is 0.745. The Bertz CT molecular complexity index is 540. The number of benzene rings is 1. The number of esters is 1. The van der Waals surface area contributed by atoms with Gasteiger partial charge in [0.1, 0.15) is 5.75 Å². The van der Waals surface area contributed by atoms with E-state index in [0.29, 0.717) is 11.1 Å². The first-order valence-corrected chi connectivity index (χ1v) is 6.55. The van der Waals surface area contributed by atoms with Crippen molar-refractivity contribution in [2.75, 3.05) is 12.9 Å². The van der Waals surface area contributed by atoms with Gasteiger partial charge in [-0.15, -0.1) is 0 Å². The van der Waals surface area contributed by atoms with Crippen LogP contribution in [0.15, 0.2) is 24.3 Å². The normalized spacial score (nSPS) is 10.6. The molecule has 0 unspecified atom stereocenters. The molecule has 0 saturated heterocycles. The number of hydrogen-bond donors (Lipinski definition) is 0. The van der Waals surface area contributed by atoms with Crippen molar-refractivity contribution in [3.8, 4) is 6.07 Å². The smallest absolute Gasteiger partial charge is 0.337 e. The molecular formula is C11H11NO4S. The van der Waals surface area contributed by atoms with E-state index in [1.807, 2.05) is 0 Å². The van der Waals surface area contributed by atoms with Gasteiger partial charge in [-0.05, 0) is 17.7 Å². The second kappa shape index (κ2) is 5.46. The number of sulfone groups is 1. The zero-order valence-corrected chi connectivity index (χ0v) is 10.0. The third-order valence-electron chi connectivity index (χ3n) is 2.05. The molecule has 5 nitrogen and oxygen atoms in total. The molecule has 0 fully saturated rings. The highest BCUT2D eigenvalue weighted by Crippen LogP contribution is 2.09. The lowest BCUT2D eigenvalue weighted by molar-refractivity contribution is 0.0600. The van der Waals surface area contributed by atoms with E-state index >= 15 is 0 Å². The molecule has 6 heteroatoms. The molecule has 1 aromatic rings. The third-order valence-corrected chi connectivity index (χ3v) is 3.39. The van der Waals surface area contributed by atoms with Crippen molar-refractivity contribution in [1.82, 2.24) is 0 Å². The molecule has 0 aliphatic carbocycles. The maximum atomic E-state index is 11.4. The number of hydrogen-bond acceptors (Lipinski definition) is 5. The van der Waals surface area contributed by atoms with E-state index in [2.05, 4.69) is 4.74 Å². The standard InChI is InChI=1S/C11H11NO4S/c1-16-11(13)10-4-2-9(3-5-10)8-17(14,15)7-6-12/h2-5H,7-8H2,1H3. The lowest BCUT2D eigenvalue weighted by atomic mass is 10.1. The van der Waals surface area contributed by atoms with Crippen LogP contribution in [0.2, 0.25) is 0 Å². The fraction of sp³-hybridized carbons (Fsp3) is 0.273. The van der Waals surface area contributed by atoms with Gasteiger partial charge < -0.3 is 4.74 Å². The number of rotatable bonds is 4. The van der Waals surface area contributed by atoms with Gasteiger partial charge >= 0.3 is 5.97 Å². The van der Waals surface area contributed by atoms with Gasteiger partial charge in [0, 0.05) is 0 Å². The predicted octanol–water partition coefficient (Wildman–Crippen LogP) is 0.912. The topological polar surface area (TPSA) is 84.2 Å². The Morgan fingerprint density at radius 3 is 2.41 bits per heavy atom. The van der Waals surface area contributed by atoms with Crippen molar-refractivity contribution in [1.29, 1.82) is 5.26 Å². The summed E-state index contributed by atoms with van der Waals surface area (Å²) in [5, 5.41) is 8.34. The Morgan fingerprint density at radius 1 is 1.35 bits per heavy atom. The number of nitriles is 1. The summed E-state index contributed by atoms with van der Waals surface area (Å²) in [5.41, 5.74) is 0.891. The van der Waals surface area contributed by atoms with Crippen LogP contribution in [0.1, 0.15) is 15.9 Å². The van der Waals surface area contributed by atoms with Crippen molar-refractivity contribution in [2.24, 2.45) is 0 Å². The summed E-state index contributed by atoms with van der Waals surface area (Å²) in [6.07, 6.45) is 0. The maximum Gasteiger partial charge on any atom is 0.337 e. The number of carbonyl (C=O) groups is 1. The summed E-state index contributed by atoms with van der Waals surface area (Å²) < 4.78 is 27.2. The predicted molar refractivity (Wildman–Crippen MR) is 60.9 cm³/mol. The van der Waals surface area contributed by atoms with Crippen molar-refractivity contribution >= 4 is 15.8 Å². The Hall–Kier alpha value is -1.87. The highest BCUT2D eigenvalue weighted by Gasteiger charge is 2.12. The Balaban J connectivity index is 2.83. The van der Waals surface area contributed by atoms with Crippen LogP contribution in [0.5, 0.6) is 0 Å². The van der Waals surface area contributed by atoms with Gasteiger partial charge in [-0.2, -0.15) is 5.26 Å². The van der Waals surface area contributed by atoms with E-state index in [-0.39, 0.29) is 5.75 Å². The molecule has 0 saturated carbocycles. The van der Waals surface area contributed by atoms with E-state index in [1.54, 1.807) is 6.07 Å². The average Bonchev–Trinajstić information content (AvgIpc) is 2.28. The van der Waals surface area contributed by atoms with Crippen molar-refractivity contribution in [3.05, 3.63) is 35.4 Å². The third kappa shape index (κ3) is 3.89. The van der Waals surface area contributed by atoms with Crippen LogP contribution >= 0.6 is 0 Å². The molecule has 0 aliphatic heterocycles. The minimum atomic E-state index is -3.40. The highest BCUT2D eigenvalue weighted by atomic mass is 32.2. The van der Waals surface area contributed by atoms with E-state index in [9.17, 15) is 13.2 Å². The summed E-state index contributed by atoms with van der Waals surface area (Å²) >= 11 is 0. The van der Waals surface area contributed by atoms with E-state index in [0.717, 1.165) is 0 Å². The first kappa shape index (κ1) is 13.2. The van der Waals surface area contributed by atoms with Crippen LogP contribution < -0.4 is 0 Å². The highest BCUT2D eigenvalue weighted by molar-refractivity contribution is 7.90. The lowest BCUT2D eigenvalue weighted by Gasteiger charge is -2.02. The monoisotopic (exact) mass is 253 g/mol. The number of nitrogens with zero attached hydrogens (tertiary/aromatic N) is 1. The van der Waals surface area contributed by atoms with Crippen LogP contribution in [-0.4, -0.2) is 27.2 Å². The fourth-order valence-electron chi connectivity index (χ4n) is 1.26. The SMILES string of the molecule is COC(=O)c1ccc(CS(=O)(=O)CC#N)cc1. The number of ether oxygens (including phenoxy) is 1. The van der Waals surface area contributed by atoms with Gasteiger partial charge in [-0.25, -0.2) is 13.2 Å². The lowest BCUT2D eigenvalue weighted by Crippen LogP contribution is -2.08. The molecule has 0 amide bonds. The van der Waals surface area contributed by atoms with Crippen molar-refractivity contribution in [3.63, 3.8) is 0 Å². The minimum absolute atomic E-state index is 0.206. The first-order chi connectivity index (χ1) is 7.98. The van der Waals surface area contributed by atoms with E-state index in [4.69, 9.17) is 5.26 Å². The van der Waals surface area contributed by atoms with E-state index < -0.39 is 21.6 Å². The molecule has 1 aromatic carbocycles. The molecule has 0 N–H and O–H groups in total. The Kier molecular flexibility index (Phi) is 4.24. The van der Waals surface area contributed by atoms with Gasteiger partial charge in [-0.1, -0.05) is 12.1 Å². The number of carbonyl (C=O) groups excluding carboxylic acids is 1. The van der Waals surface area contributed by atoms with Crippen LogP contribution in [-0.2, 0) is 20.3 Å². The summed E-state index contributed by atoms with van der Waals surface area (Å²) in [4.78, 5) is 11.1. The molecule has 0 aromatic heterocycles. The fourth-order valence-corrected chi connectivity index (χ4v) is 2.26. The zero-order valence-electron chi connectivity index (χ0n) is 9.21. The second-order valence-corrected chi connectivity index (χ2v) is 5.44. The number of methoxy groups -OCH3 is 1. The van der Waals surface area contributed by atoms with Gasteiger partial charge in [0.05, 0.1) is 24.5 Å². The molecule has 0 atom stereocenters. The summed E-state index contributed by atoms with van der Waals surface area (Å²) in [7, 11) is -2.13. The summed E-state index contributed by atoms with van der Waals surface area (Å²) in [5.74, 6) is -1.19. The Morgan fingerprint density at radius 2 is 1.94 bits per heavy atom. The molecule has 0 aliphatic rings. The van der Waals surface area contributed by atoms with Crippen LogP contribution in [0.4, 0.5) is 0 Å². The molecule has 0 spiro atoms. The van der Waals surface area contributed by atoms with Crippen LogP contribution in [0.25, 0.3) is 0 Å². The Labute approximate surface area is 99.5 Å². The van der Waals surface area contributed by atoms with E-state index in [1.165, 1.54) is 31.4 Å². The zero-order chi connectivity index (χ0) is 12.9. The molecule has 90 valence electrons. The summed E-state index contributed by atoms with van der Waals surface area (Å²) in [6, 6.07) is 7.64. The van der Waals surface area contributed by atoms with Gasteiger partial charge in [0.15, 0.2) is 9.84 Å². The molecule has 0 heterocycles. The van der Waals surface area contributed by atoms with Crippen molar-refractivity contribution < 1.29 is 17.9 Å². The molecule has 0 bridgehead atoms. The van der Waals surface area contributed by atoms with Crippen molar-refractivity contribution in [2.45, 2.75) is 5.75 Å². The molecule has 0 radical (unpaired) electrons. The van der Waals surface area contributed by atoms with Crippen LogP contribution in [0, 0.1) is 11.3 Å². The molecular weight excluding hydrogens is 242 g/mol. The maximum absolute atomic E-state index is 11.4. The average molecular weight is 253 g/mol. The molecule has 1 rings (SSSR count). The molecule has 17 heavy (non-hydrogen) atoms. The van der Waals surface area contributed by atoms with Crippen LogP contribution in [0.3, 0.4) is 0 Å².